The summed E-state index contributed by atoms with van der Waals surface area (Å²) in [5.74, 6) is 3.45. The van der Waals surface area contributed by atoms with E-state index in [-0.39, 0.29) is 16.8 Å². The van der Waals surface area contributed by atoms with Crippen LogP contribution in [0.5, 0.6) is 0 Å². The molecule has 35 heavy (non-hydrogen) atoms. The maximum atomic E-state index is 4.87. The van der Waals surface area contributed by atoms with E-state index in [1.807, 2.05) is 132 Å². The summed E-state index contributed by atoms with van der Waals surface area (Å²) in [5.41, 5.74) is 0. The van der Waals surface area contributed by atoms with Crippen LogP contribution in [-0.2, 0) is 16.8 Å². The van der Waals surface area contributed by atoms with Gasteiger partial charge in [-0.2, -0.15) is 0 Å². The first-order valence-electron chi connectivity index (χ1n) is 11.0. The second-order valence-corrected chi connectivity index (χ2v) is 8.33. The molecule has 5 aliphatic heterocycles. The first-order chi connectivity index (χ1) is 16.8. The fraction of sp³-hybridized carbons (Fsp3) is 0.0833. The molecule has 0 unspecified atom stereocenters. The summed E-state index contributed by atoms with van der Waals surface area (Å²) in [6.07, 6.45) is 16.3. The fourth-order valence-electron chi connectivity index (χ4n) is 4.23. The van der Waals surface area contributed by atoms with Crippen molar-refractivity contribution < 1.29 is 16.8 Å². The number of nitrogens with zero attached hydrogens (tertiary/aromatic N) is 10. The summed E-state index contributed by atoms with van der Waals surface area (Å²) in [6, 6.07) is 12.1. The van der Waals surface area contributed by atoms with Gasteiger partial charge in [0.05, 0.1) is 0 Å². The molecule has 7 rings (SSSR count). The van der Waals surface area contributed by atoms with Gasteiger partial charge in [0.2, 0.25) is 0 Å². The van der Waals surface area contributed by atoms with Crippen LogP contribution in [0.25, 0.3) is 0 Å². The third-order valence-corrected chi connectivity index (χ3v) is 5.92. The van der Waals surface area contributed by atoms with Crippen LogP contribution < -0.4 is 19.6 Å². The minimum absolute atomic E-state index is 0. The number of pyridine rings is 2. The minimum atomic E-state index is 0. The molecule has 7 heterocycles. The van der Waals surface area contributed by atoms with Crippen molar-refractivity contribution in [2.24, 2.45) is 0 Å². The van der Waals surface area contributed by atoms with Crippen LogP contribution in [-0.4, -0.2) is 42.9 Å². The summed E-state index contributed by atoms with van der Waals surface area (Å²) in [5, 5.41) is 0. The number of hydrogen-bond donors (Lipinski definition) is 0. The molecule has 0 saturated carbocycles. The van der Waals surface area contributed by atoms with Crippen LogP contribution in [0.15, 0.2) is 86.0 Å². The summed E-state index contributed by atoms with van der Waals surface area (Å²) in [7, 11) is 0. The number of aromatic nitrogens is 2. The van der Waals surface area contributed by atoms with Crippen LogP contribution in [0, 0.1) is 26.7 Å². The molecule has 181 valence electrons. The smallest absolute Gasteiger partial charge is 0.106 e. The van der Waals surface area contributed by atoms with Gasteiger partial charge in [-0.15, -0.1) is 26.7 Å². The van der Waals surface area contributed by atoms with E-state index in [0.717, 1.165) is 23.3 Å². The van der Waals surface area contributed by atoms with Gasteiger partial charge in [-0.3, -0.25) is 0 Å². The van der Waals surface area contributed by atoms with Crippen LogP contribution >= 0.6 is 0 Å². The van der Waals surface area contributed by atoms with Crippen molar-refractivity contribution in [1.82, 2.24) is 29.6 Å². The quantitative estimate of drug-likeness (QED) is 0.496. The molecule has 10 nitrogen and oxygen atoms in total. The van der Waals surface area contributed by atoms with E-state index >= 15 is 0 Å². The Bertz CT molecular complexity index is 1040. The molecular formula is C24H22CoN10-4. The Balaban J connectivity index is 0.00000229. The Hall–Kier alpha value is -3.83. The molecule has 12 bridgehead atoms. The second-order valence-electron chi connectivity index (χ2n) is 8.33. The summed E-state index contributed by atoms with van der Waals surface area (Å²) < 4.78 is 0. The second kappa shape index (κ2) is 8.75. The van der Waals surface area contributed by atoms with E-state index in [1.165, 1.54) is 0 Å². The molecule has 11 heteroatoms. The summed E-state index contributed by atoms with van der Waals surface area (Å²) in [4.78, 5) is 26.3. The van der Waals surface area contributed by atoms with Crippen LogP contribution in [0.2, 0.25) is 0 Å². The van der Waals surface area contributed by atoms with E-state index in [1.54, 1.807) is 0 Å². The largest absolute Gasteiger partial charge is 0.494 e. The molecule has 1 radical (unpaired) electrons. The SMILES string of the molecule is C1=CN2[CH-]N1CN1C=CN([CH-]1)c1cccc(n1)N1C=CN([CH-]1)CN1C=CN([CH-]1)c1cccc2n1.[Co]. The molecule has 0 aromatic carbocycles. The molecule has 2 aromatic heterocycles. The normalized spacial score (nSPS) is 19.9. The number of anilines is 4. The predicted octanol–water partition coefficient (Wildman–Crippen LogP) is 2.95. The molecule has 2 aromatic rings. The molecule has 0 spiro atoms. The van der Waals surface area contributed by atoms with Crippen LogP contribution in [0.3, 0.4) is 0 Å². The van der Waals surface area contributed by atoms with Crippen molar-refractivity contribution in [3.05, 3.63) is 113 Å². The molecule has 0 aliphatic carbocycles. The van der Waals surface area contributed by atoms with Crippen molar-refractivity contribution >= 4 is 23.3 Å². The molecule has 0 atom stereocenters. The Labute approximate surface area is 215 Å². The van der Waals surface area contributed by atoms with Gasteiger partial charge in [0, 0.05) is 30.1 Å². The monoisotopic (exact) mass is 509 g/mol. The topological polar surface area (TPSA) is 51.7 Å². The zero-order valence-electron chi connectivity index (χ0n) is 18.6. The van der Waals surface area contributed by atoms with Gasteiger partial charge in [-0.05, 0) is 73.9 Å². The average molecular weight is 509 g/mol. The summed E-state index contributed by atoms with van der Waals surface area (Å²) in [6.45, 7) is 9.53. The molecule has 5 aliphatic rings. The van der Waals surface area contributed by atoms with Crippen molar-refractivity contribution in [2.75, 3.05) is 32.9 Å². The van der Waals surface area contributed by atoms with E-state index < -0.39 is 0 Å². The van der Waals surface area contributed by atoms with E-state index in [2.05, 4.69) is 19.6 Å². The Morgan fingerprint density at radius 2 is 0.743 bits per heavy atom. The third kappa shape index (κ3) is 4.13. The van der Waals surface area contributed by atoms with Crippen molar-refractivity contribution in [3.8, 4) is 0 Å². The third-order valence-electron chi connectivity index (χ3n) is 5.92. The van der Waals surface area contributed by atoms with Crippen molar-refractivity contribution in [2.45, 2.75) is 0 Å². The van der Waals surface area contributed by atoms with Crippen molar-refractivity contribution in [1.29, 1.82) is 0 Å². The molecule has 0 saturated heterocycles. The van der Waals surface area contributed by atoms with E-state index in [4.69, 9.17) is 9.97 Å². The zero-order chi connectivity index (χ0) is 22.5. The number of fused-ring (bicyclic) bond motifs is 16. The predicted molar refractivity (Wildman–Crippen MR) is 129 cm³/mol. The number of hydrogen-bond acceptors (Lipinski definition) is 10. The maximum absolute atomic E-state index is 4.87. The zero-order valence-corrected chi connectivity index (χ0v) is 19.7. The van der Waals surface area contributed by atoms with Gasteiger partial charge in [-0.25, -0.2) is 9.97 Å². The standard InChI is InChI=1S/C24H22N10.Co/c1-3-21-25-22(4-1)32-12-8-28(18-32)16-30-10-14-34(20-30)24-6-2-5-23(26-24)33-13-9-29(19-33)15-27-7-11-31(21)17-27;/h1-14,17-20H,15-16H2;/q-4;. The van der Waals surface area contributed by atoms with E-state index in [9.17, 15) is 0 Å². The molecule has 0 N–H and O–H groups in total. The van der Waals surface area contributed by atoms with Gasteiger partial charge in [-0.1, -0.05) is 12.1 Å². The Morgan fingerprint density at radius 1 is 0.457 bits per heavy atom. The Kier molecular flexibility index (Phi) is 5.42. The molecular weight excluding hydrogens is 487 g/mol. The first kappa shape index (κ1) is 21.7. The van der Waals surface area contributed by atoms with Gasteiger partial charge < -0.3 is 39.2 Å². The molecule has 0 amide bonds. The van der Waals surface area contributed by atoms with Crippen LogP contribution in [0.4, 0.5) is 23.3 Å². The summed E-state index contributed by atoms with van der Waals surface area (Å²) >= 11 is 0. The van der Waals surface area contributed by atoms with Gasteiger partial charge in [0.1, 0.15) is 23.3 Å². The van der Waals surface area contributed by atoms with Gasteiger partial charge in [0.15, 0.2) is 0 Å². The first-order valence-corrected chi connectivity index (χ1v) is 11.0. The molecule has 0 fully saturated rings. The van der Waals surface area contributed by atoms with Gasteiger partial charge >= 0.3 is 0 Å². The fourth-order valence-corrected chi connectivity index (χ4v) is 4.23. The number of rotatable bonds is 0. The average Bonchev–Trinajstić information content (AvgIpc) is 3.67. The van der Waals surface area contributed by atoms with Crippen molar-refractivity contribution in [3.63, 3.8) is 0 Å². The van der Waals surface area contributed by atoms with E-state index in [0.29, 0.717) is 13.3 Å². The Morgan fingerprint density at radius 3 is 1.03 bits per heavy atom. The maximum Gasteiger partial charge on any atom is 0.106 e. The van der Waals surface area contributed by atoms with Gasteiger partial charge in [0.25, 0.3) is 0 Å². The van der Waals surface area contributed by atoms with Crippen LogP contribution in [0.1, 0.15) is 0 Å². The minimum Gasteiger partial charge on any atom is -0.494 e.